The summed E-state index contributed by atoms with van der Waals surface area (Å²) in [6.07, 6.45) is 3.14. The van der Waals surface area contributed by atoms with E-state index in [1.54, 1.807) is 6.07 Å². The number of nitrogens with zero attached hydrogens (tertiary/aromatic N) is 1. The summed E-state index contributed by atoms with van der Waals surface area (Å²) in [6, 6.07) is 3.66. The van der Waals surface area contributed by atoms with E-state index in [2.05, 4.69) is 19.2 Å². The molecule has 5 nitrogen and oxygen atoms in total. The van der Waals surface area contributed by atoms with E-state index in [0.29, 0.717) is 11.3 Å². The number of esters is 1. The molecule has 1 unspecified atom stereocenters. The van der Waals surface area contributed by atoms with E-state index in [1.807, 2.05) is 19.9 Å². The van der Waals surface area contributed by atoms with Crippen LogP contribution in [0, 0.1) is 13.8 Å². The van der Waals surface area contributed by atoms with Crippen LogP contribution in [-0.4, -0.2) is 49.1 Å². The molecule has 1 N–H and O–H groups in total. The van der Waals surface area contributed by atoms with Gasteiger partial charge in [-0.2, -0.15) is 0 Å². The summed E-state index contributed by atoms with van der Waals surface area (Å²) in [4.78, 5) is 25.3. The Labute approximate surface area is 150 Å². The van der Waals surface area contributed by atoms with Crippen molar-refractivity contribution in [2.45, 2.75) is 53.0 Å². The topological polar surface area (TPSA) is 55.4 Å². The van der Waals surface area contributed by atoms with Crippen LogP contribution in [0.1, 0.15) is 54.6 Å². The van der Waals surface area contributed by atoms with Gasteiger partial charge in [-0.15, -0.1) is 0 Å². The second-order valence-corrected chi connectivity index (χ2v) is 7.10. The number of rotatable bonds is 6. The normalized spacial score (nSPS) is 17.2. The highest BCUT2D eigenvalue weighted by Gasteiger charge is 2.42. The minimum atomic E-state index is -0.421. The van der Waals surface area contributed by atoms with Gasteiger partial charge in [0.1, 0.15) is 0 Å². The first-order chi connectivity index (χ1) is 11.9. The van der Waals surface area contributed by atoms with Gasteiger partial charge in [-0.25, -0.2) is 4.79 Å². The number of ether oxygens (including phenoxy) is 1. The van der Waals surface area contributed by atoms with Gasteiger partial charge in [-0.1, -0.05) is 13.0 Å². The third-order valence-electron chi connectivity index (χ3n) is 5.57. The molecule has 0 bridgehead atoms. The van der Waals surface area contributed by atoms with E-state index >= 15 is 0 Å². The Bertz CT molecular complexity index is 649. The smallest absolute Gasteiger partial charge is 0.339 e. The molecular formula is C20H31N2O3+. The van der Waals surface area contributed by atoms with Gasteiger partial charge in [0.05, 0.1) is 38.0 Å². The summed E-state index contributed by atoms with van der Waals surface area (Å²) in [5.41, 5.74) is 2.86. The number of hydrogen-bond donors (Lipinski definition) is 1. The van der Waals surface area contributed by atoms with Gasteiger partial charge in [0.25, 0.3) is 5.91 Å². The highest BCUT2D eigenvalue weighted by atomic mass is 16.5. The summed E-state index contributed by atoms with van der Waals surface area (Å²) in [7, 11) is 1.36. The molecule has 1 atom stereocenters. The number of nitrogens with one attached hydrogen (secondary N) is 1. The quantitative estimate of drug-likeness (QED) is 0.633. The summed E-state index contributed by atoms with van der Waals surface area (Å²) < 4.78 is 5.75. The second kappa shape index (κ2) is 8.00. The molecule has 0 spiro atoms. The zero-order chi connectivity index (χ0) is 18.6. The molecule has 1 heterocycles. The number of methoxy groups -OCH3 is 1. The van der Waals surface area contributed by atoms with Crippen LogP contribution < -0.4 is 5.32 Å². The van der Waals surface area contributed by atoms with Crippen LogP contribution in [0.25, 0.3) is 0 Å². The lowest BCUT2D eigenvalue weighted by atomic mass is 10.0. The predicted molar refractivity (Wildman–Crippen MR) is 99.7 cm³/mol. The predicted octanol–water partition coefficient (Wildman–Crippen LogP) is 3.44. The molecule has 0 saturated carbocycles. The molecule has 1 amide bonds. The summed E-state index contributed by atoms with van der Waals surface area (Å²) >= 11 is 0. The van der Waals surface area contributed by atoms with Crippen molar-refractivity contribution in [2.24, 2.45) is 0 Å². The third-order valence-corrected chi connectivity index (χ3v) is 5.57. The highest BCUT2D eigenvalue weighted by Crippen LogP contribution is 2.28. The molecule has 1 aliphatic heterocycles. The number of benzene rings is 1. The van der Waals surface area contributed by atoms with Crippen molar-refractivity contribution in [3.05, 3.63) is 28.8 Å². The lowest BCUT2D eigenvalue weighted by Gasteiger charge is -2.39. The fraction of sp³-hybridized carbons (Fsp3) is 0.600. The van der Waals surface area contributed by atoms with Crippen LogP contribution in [0.5, 0.6) is 0 Å². The highest BCUT2D eigenvalue weighted by molar-refractivity contribution is 6.03. The molecule has 5 heteroatoms. The molecule has 138 valence electrons. The maximum Gasteiger partial charge on any atom is 0.339 e. The Morgan fingerprint density at radius 2 is 1.84 bits per heavy atom. The summed E-state index contributed by atoms with van der Waals surface area (Å²) in [5.74, 6) is -0.418. The lowest BCUT2D eigenvalue weighted by molar-refractivity contribution is -0.930. The summed E-state index contributed by atoms with van der Waals surface area (Å²) in [5, 5.41) is 3.05. The van der Waals surface area contributed by atoms with E-state index in [-0.39, 0.29) is 11.9 Å². The summed E-state index contributed by atoms with van der Waals surface area (Å²) in [6.45, 7) is 11.2. The second-order valence-electron chi connectivity index (χ2n) is 7.10. The minimum Gasteiger partial charge on any atom is -0.465 e. The van der Waals surface area contributed by atoms with E-state index in [0.717, 1.165) is 41.7 Å². The van der Waals surface area contributed by atoms with Crippen LogP contribution in [0.4, 0.5) is 5.69 Å². The first-order valence-corrected chi connectivity index (χ1v) is 9.24. The van der Waals surface area contributed by atoms with Crippen molar-refractivity contribution < 1.29 is 18.8 Å². The molecule has 1 fully saturated rings. The number of amides is 1. The standard InChI is InChI=1S/C20H30N2O3/c1-6-17(22(7-2)10-8-9-11-22)19(23)21-18-15(4)12-14(3)13-16(18)20(24)25-5/h12-13,17H,6-11H2,1-5H3/p+1. The molecule has 1 saturated heterocycles. The van der Waals surface area contributed by atoms with E-state index < -0.39 is 5.97 Å². The molecule has 0 aliphatic carbocycles. The molecule has 2 rings (SSSR count). The van der Waals surface area contributed by atoms with Crippen LogP contribution in [0.15, 0.2) is 12.1 Å². The Kier molecular flexibility index (Phi) is 6.22. The first kappa shape index (κ1) is 19.4. The van der Waals surface area contributed by atoms with Gasteiger partial charge in [0.2, 0.25) is 0 Å². The Morgan fingerprint density at radius 3 is 2.36 bits per heavy atom. The number of hydrogen-bond acceptors (Lipinski definition) is 3. The minimum absolute atomic E-state index is 0.00311. The molecule has 1 aliphatic rings. The van der Waals surface area contributed by atoms with Gasteiger partial charge in [0.15, 0.2) is 6.04 Å². The lowest BCUT2D eigenvalue weighted by Crippen LogP contribution is -2.57. The largest absolute Gasteiger partial charge is 0.465 e. The average molecular weight is 347 g/mol. The fourth-order valence-electron chi connectivity index (χ4n) is 4.25. The third kappa shape index (κ3) is 3.87. The SMILES string of the molecule is CCC(C(=O)Nc1c(C)cc(C)cc1C(=O)OC)[N+]1(CC)CCCC1. The van der Waals surface area contributed by atoms with Crippen LogP contribution in [0.3, 0.4) is 0 Å². The number of likely N-dealkylation sites (N-methyl/N-ethyl adjacent to an activating group) is 1. The van der Waals surface area contributed by atoms with Crippen molar-refractivity contribution in [2.75, 3.05) is 32.1 Å². The van der Waals surface area contributed by atoms with Crippen molar-refractivity contribution in [1.29, 1.82) is 0 Å². The average Bonchev–Trinajstić information content (AvgIpc) is 3.06. The van der Waals surface area contributed by atoms with Crippen molar-refractivity contribution in [3.8, 4) is 0 Å². The number of quaternary nitrogens is 1. The molecule has 1 aromatic rings. The van der Waals surface area contributed by atoms with E-state index in [9.17, 15) is 9.59 Å². The fourth-order valence-corrected chi connectivity index (χ4v) is 4.25. The van der Waals surface area contributed by atoms with E-state index in [4.69, 9.17) is 4.74 Å². The van der Waals surface area contributed by atoms with Gasteiger partial charge in [-0.3, -0.25) is 4.79 Å². The van der Waals surface area contributed by atoms with Gasteiger partial charge in [0, 0.05) is 19.3 Å². The number of likely N-dealkylation sites (tertiary alicyclic amines) is 1. The van der Waals surface area contributed by atoms with Crippen LogP contribution in [-0.2, 0) is 9.53 Å². The number of carbonyl (C=O) groups excluding carboxylic acids is 2. The molecular weight excluding hydrogens is 316 g/mol. The molecule has 25 heavy (non-hydrogen) atoms. The van der Waals surface area contributed by atoms with Crippen LogP contribution >= 0.6 is 0 Å². The maximum absolute atomic E-state index is 13.1. The zero-order valence-corrected chi connectivity index (χ0v) is 16.1. The number of aryl methyl sites for hydroxylation is 2. The van der Waals surface area contributed by atoms with Gasteiger partial charge >= 0.3 is 5.97 Å². The van der Waals surface area contributed by atoms with Gasteiger partial charge in [-0.05, 0) is 38.0 Å². The maximum atomic E-state index is 13.1. The van der Waals surface area contributed by atoms with Crippen molar-refractivity contribution in [1.82, 2.24) is 0 Å². The Morgan fingerprint density at radius 1 is 1.20 bits per heavy atom. The Balaban J connectivity index is 2.34. The molecule has 0 radical (unpaired) electrons. The van der Waals surface area contributed by atoms with Crippen LogP contribution in [0.2, 0.25) is 0 Å². The monoisotopic (exact) mass is 347 g/mol. The number of carbonyl (C=O) groups is 2. The first-order valence-electron chi connectivity index (χ1n) is 9.24. The van der Waals surface area contributed by atoms with E-state index in [1.165, 1.54) is 20.0 Å². The zero-order valence-electron chi connectivity index (χ0n) is 16.1. The number of anilines is 1. The van der Waals surface area contributed by atoms with Crippen molar-refractivity contribution >= 4 is 17.6 Å². The molecule has 0 aromatic heterocycles. The molecule has 1 aromatic carbocycles. The van der Waals surface area contributed by atoms with Crippen molar-refractivity contribution in [3.63, 3.8) is 0 Å². The Hall–Kier alpha value is -1.88. The van der Waals surface area contributed by atoms with Gasteiger partial charge < -0.3 is 14.5 Å².